The van der Waals surface area contributed by atoms with Crippen LogP contribution in [0.1, 0.15) is 5.69 Å². The van der Waals surface area contributed by atoms with Crippen LogP contribution < -0.4 is 10.6 Å². The van der Waals surface area contributed by atoms with Gasteiger partial charge in [0.1, 0.15) is 6.54 Å². The summed E-state index contributed by atoms with van der Waals surface area (Å²) in [5.41, 5.74) is 2.30. The molecule has 1 heterocycles. The van der Waals surface area contributed by atoms with Crippen LogP contribution in [0.15, 0.2) is 48.0 Å². The number of benzene rings is 1. The molecule has 0 radical (unpaired) electrons. The fraction of sp³-hybridized carbons (Fsp3) is 0.333. The third-order valence-corrected chi connectivity index (χ3v) is 3.56. The van der Waals surface area contributed by atoms with Crippen molar-refractivity contribution >= 4 is 22.8 Å². The van der Waals surface area contributed by atoms with Gasteiger partial charge in [-0.05, 0) is 17.5 Å². The van der Waals surface area contributed by atoms with Crippen molar-refractivity contribution in [3.63, 3.8) is 0 Å². The first-order valence-electron chi connectivity index (χ1n) is 8.00. The molecule has 0 bridgehead atoms. The van der Waals surface area contributed by atoms with Crippen LogP contribution in [0.3, 0.4) is 0 Å². The summed E-state index contributed by atoms with van der Waals surface area (Å²) in [4.78, 5) is 20.9. The lowest BCUT2D eigenvalue weighted by molar-refractivity contribution is -0.127. The van der Waals surface area contributed by atoms with E-state index in [1.165, 1.54) is 10.3 Å². The first kappa shape index (κ1) is 17.6. The smallest absolute Gasteiger partial charge is 0.243 e. The molecule has 2 rings (SSSR count). The first-order chi connectivity index (χ1) is 11.6. The van der Waals surface area contributed by atoms with Crippen molar-refractivity contribution in [3.8, 4) is 0 Å². The minimum absolute atomic E-state index is 0.0367. The van der Waals surface area contributed by atoms with Gasteiger partial charge in [0, 0.05) is 44.8 Å². The van der Waals surface area contributed by atoms with Crippen molar-refractivity contribution in [2.75, 3.05) is 33.7 Å². The molecule has 128 valence electrons. The number of para-hydroxylation sites is 1. The van der Waals surface area contributed by atoms with E-state index >= 15 is 0 Å². The first-order valence-corrected chi connectivity index (χ1v) is 8.00. The summed E-state index contributed by atoms with van der Waals surface area (Å²) in [6, 6.07) is 10.4. The summed E-state index contributed by atoms with van der Waals surface area (Å²) < 4.78 is 0. The number of H-pyrrole nitrogens is 1. The maximum absolute atomic E-state index is 11.7. The normalized spacial score (nSPS) is 11.3. The van der Waals surface area contributed by atoms with Crippen molar-refractivity contribution < 1.29 is 4.79 Å². The zero-order valence-electron chi connectivity index (χ0n) is 14.3. The second kappa shape index (κ2) is 8.76. The molecule has 0 unspecified atom stereocenters. The number of hydrogen-bond donors (Lipinski definition) is 3. The van der Waals surface area contributed by atoms with E-state index in [2.05, 4.69) is 45.4 Å². The fourth-order valence-electron chi connectivity index (χ4n) is 2.21. The number of nitrogens with one attached hydrogen (secondary N) is 3. The van der Waals surface area contributed by atoms with E-state index < -0.39 is 0 Å². The maximum Gasteiger partial charge on any atom is 0.243 e. The predicted molar refractivity (Wildman–Crippen MR) is 99.2 cm³/mol. The maximum atomic E-state index is 11.7. The molecule has 0 saturated heterocycles. The molecule has 3 N–H and O–H groups in total. The second-order valence-corrected chi connectivity index (χ2v) is 5.68. The quantitative estimate of drug-likeness (QED) is 0.410. The number of aliphatic imine (C=N–C) groups is 1. The number of carbonyl (C=O) groups excluding carboxylic acids is 1. The van der Waals surface area contributed by atoms with Gasteiger partial charge in [-0.15, -0.1) is 6.58 Å². The molecule has 0 aliphatic heterocycles. The summed E-state index contributed by atoms with van der Waals surface area (Å²) in [7, 11) is 3.44. The summed E-state index contributed by atoms with van der Waals surface area (Å²) >= 11 is 0. The highest BCUT2D eigenvalue weighted by molar-refractivity contribution is 5.85. The van der Waals surface area contributed by atoms with Gasteiger partial charge in [-0.1, -0.05) is 24.3 Å². The number of aromatic nitrogens is 1. The summed E-state index contributed by atoms with van der Waals surface area (Å²) in [6.07, 6.45) is 2.59. The Morgan fingerprint density at radius 1 is 1.33 bits per heavy atom. The Hall–Kier alpha value is -2.76. The summed E-state index contributed by atoms with van der Waals surface area (Å²) in [5.74, 6) is 0.575. The Bertz CT molecular complexity index is 684. The topological polar surface area (TPSA) is 72.5 Å². The molecule has 2 aromatic rings. The van der Waals surface area contributed by atoms with Gasteiger partial charge >= 0.3 is 0 Å². The molecule has 1 aromatic heterocycles. The van der Waals surface area contributed by atoms with Crippen LogP contribution in [0.2, 0.25) is 0 Å². The largest absolute Gasteiger partial charge is 0.358 e. The van der Waals surface area contributed by atoms with Crippen molar-refractivity contribution in [2.45, 2.75) is 6.42 Å². The molecular formula is C18H25N5O. The van der Waals surface area contributed by atoms with Crippen LogP contribution in [-0.2, 0) is 11.2 Å². The number of amides is 1. The van der Waals surface area contributed by atoms with Crippen molar-refractivity contribution in [1.82, 2.24) is 20.5 Å². The molecular weight excluding hydrogens is 302 g/mol. The van der Waals surface area contributed by atoms with Crippen molar-refractivity contribution in [2.24, 2.45) is 4.99 Å². The highest BCUT2D eigenvalue weighted by Gasteiger charge is 2.05. The lowest BCUT2D eigenvalue weighted by Crippen LogP contribution is -2.39. The van der Waals surface area contributed by atoms with Gasteiger partial charge in [-0.25, -0.2) is 4.99 Å². The number of carbonyl (C=O) groups is 1. The monoisotopic (exact) mass is 327 g/mol. The molecule has 24 heavy (non-hydrogen) atoms. The van der Waals surface area contributed by atoms with E-state index in [1.807, 2.05) is 12.1 Å². The molecule has 6 nitrogen and oxygen atoms in total. The highest BCUT2D eigenvalue weighted by Crippen LogP contribution is 2.14. The van der Waals surface area contributed by atoms with Gasteiger partial charge in [-0.2, -0.15) is 0 Å². The molecule has 0 aliphatic rings. The number of likely N-dealkylation sites (N-methyl/N-ethyl adjacent to an activating group) is 1. The zero-order valence-corrected chi connectivity index (χ0v) is 14.3. The minimum Gasteiger partial charge on any atom is -0.358 e. The average molecular weight is 327 g/mol. The molecule has 0 atom stereocenters. The Kier molecular flexibility index (Phi) is 6.42. The van der Waals surface area contributed by atoms with Gasteiger partial charge in [0.2, 0.25) is 5.91 Å². The molecule has 6 heteroatoms. The second-order valence-electron chi connectivity index (χ2n) is 5.68. The number of rotatable bonds is 7. The van der Waals surface area contributed by atoms with Crippen molar-refractivity contribution in [3.05, 3.63) is 48.7 Å². The van der Waals surface area contributed by atoms with E-state index in [-0.39, 0.29) is 12.5 Å². The van der Waals surface area contributed by atoms with Crippen LogP contribution in [-0.4, -0.2) is 55.5 Å². The van der Waals surface area contributed by atoms with Crippen LogP contribution >= 0.6 is 0 Å². The van der Waals surface area contributed by atoms with Crippen molar-refractivity contribution in [1.29, 1.82) is 0 Å². The summed E-state index contributed by atoms with van der Waals surface area (Å²) in [5, 5.41) is 7.57. The number of hydrogen-bond acceptors (Lipinski definition) is 2. The van der Waals surface area contributed by atoms with E-state index in [0.717, 1.165) is 17.6 Å². The Labute approximate surface area is 142 Å². The lowest BCUT2D eigenvalue weighted by atomic mass is 10.2. The highest BCUT2D eigenvalue weighted by atomic mass is 16.2. The van der Waals surface area contributed by atoms with Crippen LogP contribution in [0, 0.1) is 0 Å². The van der Waals surface area contributed by atoms with Crippen LogP contribution in [0.5, 0.6) is 0 Å². The predicted octanol–water partition coefficient (Wildman–Crippen LogP) is 1.52. The number of fused-ring (bicyclic) bond motifs is 1. The molecule has 0 saturated carbocycles. The zero-order chi connectivity index (χ0) is 17.4. The van der Waals surface area contributed by atoms with Gasteiger partial charge in [-0.3, -0.25) is 4.79 Å². The molecule has 0 aliphatic carbocycles. The Morgan fingerprint density at radius 2 is 2.12 bits per heavy atom. The third kappa shape index (κ3) is 5.15. The third-order valence-electron chi connectivity index (χ3n) is 3.56. The summed E-state index contributed by atoms with van der Waals surface area (Å²) in [6.45, 7) is 5.11. The molecule has 0 spiro atoms. The fourth-order valence-corrected chi connectivity index (χ4v) is 2.21. The lowest BCUT2D eigenvalue weighted by Gasteiger charge is -2.12. The van der Waals surface area contributed by atoms with Gasteiger partial charge in [0.25, 0.3) is 0 Å². The van der Waals surface area contributed by atoms with E-state index in [0.29, 0.717) is 19.0 Å². The van der Waals surface area contributed by atoms with Gasteiger partial charge in [0.15, 0.2) is 5.96 Å². The van der Waals surface area contributed by atoms with Gasteiger partial charge in [0.05, 0.1) is 0 Å². The van der Waals surface area contributed by atoms with E-state index in [1.54, 1.807) is 20.2 Å². The molecule has 1 amide bonds. The van der Waals surface area contributed by atoms with Crippen LogP contribution in [0.25, 0.3) is 10.9 Å². The van der Waals surface area contributed by atoms with E-state index in [4.69, 9.17) is 0 Å². The molecule has 0 fully saturated rings. The Morgan fingerprint density at radius 3 is 2.83 bits per heavy atom. The standard InChI is InChI=1S/C18H25N5O/c1-4-10-19-18(21-13-17(24)23(2)3)20-11-9-15-12-14-7-5-6-8-16(14)22-15/h4-8,12,22H,1,9-11,13H2,2-3H3,(H2,19,20,21). The average Bonchev–Trinajstić information content (AvgIpc) is 2.99. The van der Waals surface area contributed by atoms with Gasteiger partial charge < -0.3 is 20.5 Å². The Balaban J connectivity index is 1.90. The minimum atomic E-state index is -0.0367. The number of aromatic amines is 1. The SMILES string of the molecule is C=CCNC(=NCC(=O)N(C)C)NCCc1cc2ccccc2[nH]1. The molecule has 1 aromatic carbocycles. The number of guanidine groups is 1. The number of nitrogens with zero attached hydrogens (tertiary/aromatic N) is 2. The van der Waals surface area contributed by atoms with Crippen LogP contribution in [0.4, 0.5) is 0 Å². The van der Waals surface area contributed by atoms with E-state index in [9.17, 15) is 4.79 Å².